The Morgan fingerprint density at radius 1 is 1.07 bits per heavy atom. The minimum Gasteiger partial charge on any atom is -0.494 e. The van der Waals surface area contributed by atoms with Gasteiger partial charge in [0.05, 0.1) is 17.7 Å². The molecule has 0 saturated heterocycles. The molecule has 0 aliphatic heterocycles. The van der Waals surface area contributed by atoms with Crippen LogP contribution < -0.4 is 10.1 Å². The summed E-state index contributed by atoms with van der Waals surface area (Å²) in [6.07, 6.45) is 0. The number of hydrogen-bond donors (Lipinski definition) is 1. The lowest BCUT2D eigenvalue weighted by atomic mass is 10.1. The lowest BCUT2D eigenvalue weighted by molar-refractivity contribution is 0.102. The molecule has 0 aliphatic carbocycles. The number of methoxy groups -OCH3 is 1. The summed E-state index contributed by atoms with van der Waals surface area (Å²) in [6, 6.07) is 17.8. The van der Waals surface area contributed by atoms with Gasteiger partial charge in [0.2, 0.25) is 5.89 Å². The van der Waals surface area contributed by atoms with E-state index in [2.05, 4.69) is 10.3 Å². The van der Waals surface area contributed by atoms with Crippen LogP contribution in [0, 0.1) is 0 Å². The third-order valence-corrected chi connectivity index (χ3v) is 4.62. The molecule has 0 radical (unpaired) electrons. The molecule has 3 aromatic carbocycles. The fraction of sp³-hybridized carbons (Fsp3) is 0.0476. The third kappa shape index (κ3) is 3.54. The number of carbonyl (C=O) groups excluding carboxylic acids is 1. The minimum absolute atomic E-state index is 0.241. The number of benzene rings is 3. The summed E-state index contributed by atoms with van der Waals surface area (Å²) in [5.74, 6) is 0.382. The van der Waals surface area contributed by atoms with Crippen LogP contribution in [0.3, 0.4) is 0 Å². The highest BCUT2D eigenvalue weighted by molar-refractivity contribution is 6.36. The average molecular weight is 413 g/mol. The van der Waals surface area contributed by atoms with Gasteiger partial charge in [0.15, 0.2) is 5.58 Å². The fourth-order valence-electron chi connectivity index (χ4n) is 2.84. The van der Waals surface area contributed by atoms with Gasteiger partial charge in [-0.05, 0) is 42.5 Å². The molecule has 7 heteroatoms. The van der Waals surface area contributed by atoms with Gasteiger partial charge in [-0.1, -0.05) is 41.4 Å². The van der Waals surface area contributed by atoms with E-state index in [-0.39, 0.29) is 16.3 Å². The first-order valence-electron chi connectivity index (χ1n) is 8.35. The summed E-state index contributed by atoms with van der Waals surface area (Å²) in [4.78, 5) is 17.2. The van der Waals surface area contributed by atoms with Gasteiger partial charge in [-0.25, -0.2) is 4.98 Å². The first kappa shape index (κ1) is 18.3. The van der Waals surface area contributed by atoms with Gasteiger partial charge in [-0.15, -0.1) is 0 Å². The Balaban J connectivity index is 1.64. The standard InChI is InChI=1S/C21H14Cl2N2O3/c1-27-19-15(9-13(22)10-16(19)23)20(26)24-14-7-8-18-17(11-14)25-21(28-18)12-5-3-2-4-6-12/h2-11H,1H3,(H,24,26). The highest BCUT2D eigenvalue weighted by Gasteiger charge is 2.17. The fourth-order valence-corrected chi connectivity index (χ4v) is 3.41. The molecule has 0 aliphatic rings. The summed E-state index contributed by atoms with van der Waals surface area (Å²) in [5.41, 5.74) is 2.93. The largest absolute Gasteiger partial charge is 0.494 e. The number of ether oxygens (including phenoxy) is 1. The molecule has 0 bridgehead atoms. The van der Waals surface area contributed by atoms with Crippen molar-refractivity contribution in [2.75, 3.05) is 12.4 Å². The number of nitrogens with zero attached hydrogens (tertiary/aromatic N) is 1. The second-order valence-corrected chi connectivity index (χ2v) is 6.83. The first-order chi connectivity index (χ1) is 13.5. The molecule has 0 spiro atoms. The van der Waals surface area contributed by atoms with Crippen LogP contribution in [0.1, 0.15) is 10.4 Å². The summed E-state index contributed by atoms with van der Waals surface area (Å²) in [5, 5.41) is 3.42. The van der Waals surface area contributed by atoms with Gasteiger partial charge in [0.25, 0.3) is 5.91 Å². The zero-order valence-corrected chi connectivity index (χ0v) is 16.2. The van der Waals surface area contributed by atoms with Gasteiger partial charge in [0.1, 0.15) is 11.3 Å². The lowest BCUT2D eigenvalue weighted by Crippen LogP contribution is -2.13. The van der Waals surface area contributed by atoms with E-state index in [0.29, 0.717) is 27.7 Å². The van der Waals surface area contributed by atoms with Crippen LogP contribution in [-0.2, 0) is 0 Å². The summed E-state index contributed by atoms with van der Waals surface area (Å²) in [7, 11) is 1.44. The quantitative estimate of drug-likeness (QED) is 0.442. The van der Waals surface area contributed by atoms with Gasteiger partial charge < -0.3 is 14.5 Å². The van der Waals surface area contributed by atoms with Crippen molar-refractivity contribution >= 4 is 45.9 Å². The second kappa shape index (κ2) is 7.54. The molecule has 1 heterocycles. The molecule has 28 heavy (non-hydrogen) atoms. The number of oxazole rings is 1. The van der Waals surface area contributed by atoms with Crippen molar-refractivity contribution in [1.29, 1.82) is 0 Å². The zero-order chi connectivity index (χ0) is 19.7. The van der Waals surface area contributed by atoms with E-state index in [1.54, 1.807) is 18.2 Å². The Hall–Kier alpha value is -3.02. The monoisotopic (exact) mass is 412 g/mol. The molecule has 140 valence electrons. The van der Waals surface area contributed by atoms with Gasteiger partial charge >= 0.3 is 0 Å². The molecule has 0 atom stereocenters. The molecular weight excluding hydrogens is 399 g/mol. The molecule has 0 fully saturated rings. The first-order valence-corrected chi connectivity index (χ1v) is 9.11. The van der Waals surface area contributed by atoms with Crippen molar-refractivity contribution in [2.45, 2.75) is 0 Å². The van der Waals surface area contributed by atoms with E-state index in [0.717, 1.165) is 5.56 Å². The molecule has 1 N–H and O–H groups in total. The number of hydrogen-bond acceptors (Lipinski definition) is 4. The zero-order valence-electron chi connectivity index (χ0n) is 14.7. The van der Waals surface area contributed by atoms with Crippen LogP contribution in [0.2, 0.25) is 10.0 Å². The van der Waals surface area contributed by atoms with Crippen LogP contribution in [0.25, 0.3) is 22.6 Å². The summed E-state index contributed by atoms with van der Waals surface area (Å²) >= 11 is 12.1. The summed E-state index contributed by atoms with van der Waals surface area (Å²) in [6.45, 7) is 0. The van der Waals surface area contributed by atoms with E-state index in [4.69, 9.17) is 32.4 Å². The Bertz CT molecular complexity index is 1170. The number of halogens is 2. The van der Waals surface area contributed by atoms with Crippen molar-refractivity contribution in [3.8, 4) is 17.2 Å². The SMILES string of the molecule is COc1c(Cl)cc(Cl)cc1C(=O)Nc1ccc2oc(-c3ccccc3)nc2c1. The van der Waals surface area contributed by atoms with E-state index >= 15 is 0 Å². The van der Waals surface area contributed by atoms with Crippen LogP contribution in [0.15, 0.2) is 65.1 Å². The highest BCUT2D eigenvalue weighted by atomic mass is 35.5. The number of fused-ring (bicyclic) bond motifs is 1. The topological polar surface area (TPSA) is 64.4 Å². The van der Waals surface area contributed by atoms with E-state index in [1.807, 2.05) is 30.3 Å². The maximum absolute atomic E-state index is 12.7. The molecule has 5 nitrogen and oxygen atoms in total. The maximum atomic E-state index is 12.7. The van der Waals surface area contributed by atoms with Crippen LogP contribution in [-0.4, -0.2) is 18.0 Å². The Morgan fingerprint density at radius 2 is 1.86 bits per heavy atom. The van der Waals surface area contributed by atoms with Crippen LogP contribution in [0.4, 0.5) is 5.69 Å². The molecular formula is C21H14Cl2N2O3. The van der Waals surface area contributed by atoms with E-state index in [1.165, 1.54) is 19.2 Å². The number of amides is 1. The molecule has 4 aromatic rings. The second-order valence-electron chi connectivity index (χ2n) is 5.99. The van der Waals surface area contributed by atoms with Gasteiger partial charge in [-0.2, -0.15) is 0 Å². The van der Waals surface area contributed by atoms with Crippen LogP contribution in [0.5, 0.6) is 5.75 Å². The van der Waals surface area contributed by atoms with E-state index < -0.39 is 5.91 Å². The average Bonchev–Trinajstić information content (AvgIpc) is 3.11. The normalized spacial score (nSPS) is 10.8. The molecule has 0 saturated carbocycles. The molecule has 4 rings (SSSR count). The summed E-state index contributed by atoms with van der Waals surface area (Å²) < 4.78 is 11.0. The number of rotatable bonds is 4. The van der Waals surface area contributed by atoms with Crippen molar-refractivity contribution < 1.29 is 13.9 Å². The van der Waals surface area contributed by atoms with Crippen molar-refractivity contribution in [3.05, 3.63) is 76.3 Å². The Morgan fingerprint density at radius 3 is 2.61 bits per heavy atom. The Labute approximate surface area is 170 Å². The van der Waals surface area contributed by atoms with Crippen LogP contribution >= 0.6 is 23.2 Å². The molecule has 1 amide bonds. The third-order valence-electron chi connectivity index (χ3n) is 4.12. The Kier molecular flexibility index (Phi) is 4.94. The van der Waals surface area contributed by atoms with Crippen molar-refractivity contribution in [3.63, 3.8) is 0 Å². The van der Waals surface area contributed by atoms with Gasteiger partial charge in [0, 0.05) is 16.3 Å². The number of carbonyl (C=O) groups is 1. The number of nitrogens with one attached hydrogen (secondary N) is 1. The number of aromatic nitrogens is 1. The smallest absolute Gasteiger partial charge is 0.259 e. The molecule has 0 unspecified atom stereocenters. The number of anilines is 1. The predicted octanol–water partition coefficient (Wildman–Crippen LogP) is 6.06. The maximum Gasteiger partial charge on any atom is 0.259 e. The van der Waals surface area contributed by atoms with Gasteiger partial charge in [-0.3, -0.25) is 4.79 Å². The lowest BCUT2D eigenvalue weighted by Gasteiger charge is -2.11. The van der Waals surface area contributed by atoms with Crippen molar-refractivity contribution in [2.24, 2.45) is 0 Å². The predicted molar refractivity (Wildman–Crippen MR) is 110 cm³/mol. The molecule has 1 aromatic heterocycles. The minimum atomic E-state index is -0.396. The van der Waals surface area contributed by atoms with E-state index in [9.17, 15) is 4.79 Å². The highest BCUT2D eigenvalue weighted by Crippen LogP contribution is 2.33. The van der Waals surface area contributed by atoms with Crippen molar-refractivity contribution in [1.82, 2.24) is 4.98 Å².